The molecule has 56 valence electrons. The summed E-state index contributed by atoms with van der Waals surface area (Å²) in [6.45, 7) is 0. The first-order chi connectivity index (χ1) is 3.85. The van der Waals surface area contributed by atoms with Gasteiger partial charge < -0.3 is 0 Å². The summed E-state index contributed by atoms with van der Waals surface area (Å²) in [6.07, 6.45) is -5.97. The van der Waals surface area contributed by atoms with Crippen molar-refractivity contribution >= 4 is 34.8 Å². The normalized spacial score (nSPS) is 16.3. The fourth-order valence-electron chi connectivity index (χ4n) is 0.143. The highest BCUT2D eigenvalue weighted by molar-refractivity contribution is 6.68. The second kappa shape index (κ2) is 3.17. The smallest absolute Gasteiger partial charge is 0.236 e. The molecule has 0 aromatic heterocycles. The molecule has 9 heavy (non-hydrogen) atoms. The van der Waals surface area contributed by atoms with E-state index in [0.717, 1.165) is 0 Å². The Morgan fingerprint density at radius 2 is 1.33 bits per heavy atom. The predicted molar refractivity (Wildman–Crippen MR) is 31.2 cm³/mol. The van der Waals surface area contributed by atoms with Gasteiger partial charge in [-0.05, 0) is 0 Å². The van der Waals surface area contributed by atoms with E-state index in [0.29, 0.717) is 0 Å². The molecule has 0 amide bonds. The van der Waals surface area contributed by atoms with Crippen LogP contribution in [0, 0.1) is 0 Å². The summed E-state index contributed by atoms with van der Waals surface area (Å²) in [4.78, 5) is 0. The van der Waals surface area contributed by atoms with Crippen molar-refractivity contribution in [2.75, 3.05) is 0 Å². The van der Waals surface area contributed by atoms with Crippen LogP contribution in [0.3, 0.4) is 0 Å². The molecule has 0 aliphatic heterocycles. The fraction of sp³-hybridized carbons (Fsp3) is 1.00. The van der Waals surface area contributed by atoms with Gasteiger partial charge >= 0.3 is 0 Å². The summed E-state index contributed by atoms with van der Waals surface area (Å²) in [5, 5.41) is 0. The molecule has 0 heterocycles. The van der Waals surface area contributed by atoms with Crippen LogP contribution in [0.2, 0.25) is 0 Å². The van der Waals surface area contributed by atoms with Crippen LogP contribution in [-0.2, 0) is 0 Å². The van der Waals surface area contributed by atoms with Crippen molar-refractivity contribution in [2.45, 2.75) is 16.4 Å². The van der Waals surface area contributed by atoms with Crippen LogP contribution in [0.25, 0.3) is 0 Å². The van der Waals surface area contributed by atoms with Gasteiger partial charge in [0.15, 0.2) is 0 Å². The van der Waals surface area contributed by atoms with Gasteiger partial charge in [0.25, 0.3) is 6.43 Å². The van der Waals surface area contributed by atoms with Crippen molar-refractivity contribution in [2.24, 2.45) is 0 Å². The Hall–Kier alpha value is 0.660. The van der Waals surface area contributed by atoms with Crippen molar-refractivity contribution in [1.82, 2.24) is 0 Å². The fourth-order valence-corrected chi connectivity index (χ4v) is 0.429. The number of hydrogen-bond acceptors (Lipinski definition) is 0. The first kappa shape index (κ1) is 9.66. The Labute approximate surface area is 64.9 Å². The van der Waals surface area contributed by atoms with Crippen molar-refractivity contribution in [3.8, 4) is 0 Å². The molecule has 0 radical (unpaired) electrons. The number of halogens is 6. The highest BCUT2D eigenvalue weighted by Crippen LogP contribution is 2.35. The molecule has 0 spiro atoms. The second-order valence-electron chi connectivity index (χ2n) is 1.28. The molecule has 0 saturated heterocycles. The highest BCUT2D eigenvalue weighted by Gasteiger charge is 2.39. The van der Waals surface area contributed by atoms with Gasteiger partial charge in [0.05, 0.1) is 0 Å². The predicted octanol–water partition coefficient (Wildman–Crippen LogP) is 2.96. The molecular weight excluding hydrogens is 199 g/mol. The Kier molecular flexibility index (Phi) is 3.40. The molecule has 1 unspecified atom stereocenters. The van der Waals surface area contributed by atoms with E-state index in [4.69, 9.17) is 34.8 Å². The molecule has 0 rings (SSSR count). The van der Waals surface area contributed by atoms with Gasteiger partial charge in [0.2, 0.25) is 9.96 Å². The number of alkyl halides is 6. The first-order valence-corrected chi connectivity index (χ1v) is 2.98. The Bertz CT molecular complexity index is 88.8. The molecule has 0 nitrogen and oxygen atoms in total. The summed E-state index contributed by atoms with van der Waals surface area (Å²) >= 11 is 14.3. The molecular formula is C3H2Cl3F3. The third kappa shape index (κ3) is 3.38. The lowest BCUT2D eigenvalue weighted by Gasteiger charge is -2.14. The first-order valence-electron chi connectivity index (χ1n) is 1.84. The molecule has 0 fully saturated rings. The standard InChI is InChI=1S/C3H2Cl3F3/c4-3(5,6)1(7)2(8)9/h1-2H. The molecule has 0 aromatic rings. The van der Waals surface area contributed by atoms with Crippen molar-refractivity contribution in [1.29, 1.82) is 0 Å². The highest BCUT2D eigenvalue weighted by atomic mass is 35.6. The molecule has 0 aliphatic carbocycles. The van der Waals surface area contributed by atoms with Gasteiger partial charge in [-0.3, -0.25) is 0 Å². The molecule has 6 heteroatoms. The Morgan fingerprint density at radius 1 is 1.00 bits per heavy atom. The maximum atomic E-state index is 11.9. The largest absolute Gasteiger partial charge is 0.273 e. The topological polar surface area (TPSA) is 0 Å². The van der Waals surface area contributed by atoms with Gasteiger partial charge in [0, 0.05) is 0 Å². The summed E-state index contributed by atoms with van der Waals surface area (Å²) in [5.74, 6) is 0. The number of rotatable bonds is 1. The zero-order valence-corrected chi connectivity index (χ0v) is 6.19. The molecule has 0 aliphatic rings. The van der Waals surface area contributed by atoms with E-state index in [2.05, 4.69) is 0 Å². The zero-order valence-electron chi connectivity index (χ0n) is 3.92. The lowest BCUT2D eigenvalue weighted by molar-refractivity contribution is 0.0523. The van der Waals surface area contributed by atoms with E-state index in [-0.39, 0.29) is 0 Å². The lowest BCUT2D eigenvalue weighted by Crippen LogP contribution is -2.27. The third-order valence-electron chi connectivity index (χ3n) is 0.534. The molecule has 0 bridgehead atoms. The van der Waals surface area contributed by atoms with Crippen LogP contribution in [0.15, 0.2) is 0 Å². The van der Waals surface area contributed by atoms with Crippen molar-refractivity contribution < 1.29 is 13.2 Å². The van der Waals surface area contributed by atoms with Crippen LogP contribution < -0.4 is 0 Å². The third-order valence-corrected chi connectivity index (χ3v) is 1.16. The minimum Gasteiger partial charge on any atom is -0.236 e. The van der Waals surface area contributed by atoms with E-state index >= 15 is 0 Å². The summed E-state index contributed by atoms with van der Waals surface area (Å²) < 4.78 is 32.0. The van der Waals surface area contributed by atoms with Crippen LogP contribution >= 0.6 is 34.8 Å². The SMILES string of the molecule is FC(F)C(F)C(Cl)(Cl)Cl. The van der Waals surface area contributed by atoms with Crippen molar-refractivity contribution in [3.05, 3.63) is 0 Å². The maximum Gasteiger partial charge on any atom is 0.273 e. The minimum absolute atomic E-state index is 2.52. The Morgan fingerprint density at radius 3 is 1.33 bits per heavy atom. The van der Waals surface area contributed by atoms with E-state index in [1.54, 1.807) is 0 Å². The van der Waals surface area contributed by atoms with Crippen LogP contribution in [0.5, 0.6) is 0 Å². The van der Waals surface area contributed by atoms with Crippen LogP contribution in [0.4, 0.5) is 13.2 Å². The molecule has 0 N–H and O–H groups in total. The second-order valence-corrected chi connectivity index (χ2v) is 3.65. The summed E-state index contributed by atoms with van der Waals surface area (Å²) in [7, 11) is 0. The van der Waals surface area contributed by atoms with Gasteiger partial charge in [-0.2, -0.15) is 0 Å². The van der Waals surface area contributed by atoms with Crippen LogP contribution in [0.1, 0.15) is 0 Å². The monoisotopic (exact) mass is 200 g/mol. The van der Waals surface area contributed by atoms with E-state index in [9.17, 15) is 13.2 Å². The number of hydrogen-bond donors (Lipinski definition) is 0. The minimum atomic E-state index is -3.25. The molecule has 0 aromatic carbocycles. The average Bonchev–Trinajstić information content (AvgIpc) is 1.62. The molecule has 1 atom stereocenters. The zero-order chi connectivity index (χ0) is 7.65. The van der Waals surface area contributed by atoms with E-state index < -0.39 is 16.4 Å². The van der Waals surface area contributed by atoms with Crippen molar-refractivity contribution in [3.63, 3.8) is 0 Å². The van der Waals surface area contributed by atoms with E-state index in [1.165, 1.54) is 0 Å². The van der Waals surface area contributed by atoms with Gasteiger partial charge in [0.1, 0.15) is 0 Å². The van der Waals surface area contributed by atoms with Crippen LogP contribution in [-0.4, -0.2) is 16.4 Å². The molecule has 0 saturated carbocycles. The lowest BCUT2D eigenvalue weighted by atomic mass is 10.4. The average molecular weight is 201 g/mol. The summed E-state index contributed by atoms with van der Waals surface area (Å²) in [5.41, 5.74) is 0. The van der Waals surface area contributed by atoms with Gasteiger partial charge in [-0.25, -0.2) is 13.2 Å². The van der Waals surface area contributed by atoms with Gasteiger partial charge in [-0.15, -0.1) is 0 Å². The van der Waals surface area contributed by atoms with E-state index in [1.807, 2.05) is 0 Å². The quantitative estimate of drug-likeness (QED) is 0.572. The summed E-state index contributed by atoms with van der Waals surface area (Å²) in [6, 6.07) is 0. The van der Waals surface area contributed by atoms with Gasteiger partial charge in [-0.1, -0.05) is 34.8 Å². The Balaban J connectivity index is 3.88. The maximum absolute atomic E-state index is 11.9.